The lowest BCUT2D eigenvalue weighted by molar-refractivity contribution is 0.0824. The normalized spacial score (nSPS) is 18.0. The van der Waals surface area contributed by atoms with E-state index >= 15 is 0 Å². The van der Waals surface area contributed by atoms with Gasteiger partial charge in [0.05, 0.1) is 0 Å². The van der Waals surface area contributed by atoms with Gasteiger partial charge in [-0.25, -0.2) is 0 Å². The van der Waals surface area contributed by atoms with E-state index in [1.165, 1.54) is 52.4 Å². The Hall–Kier alpha value is -0.653. The van der Waals surface area contributed by atoms with Gasteiger partial charge in [-0.05, 0) is 90.0 Å². The van der Waals surface area contributed by atoms with Crippen molar-refractivity contribution in [3.8, 4) is 0 Å². The van der Waals surface area contributed by atoms with Gasteiger partial charge in [0.1, 0.15) is 0 Å². The minimum atomic E-state index is -1.85. The molecule has 0 saturated heterocycles. The van der Waals surface area contributed by atoms with E-state index in [9.17, 15) is 0 Å². The molecule has 3 heteroatoms. The number of rotatable bonds is 7. The van der Waals surface area contributed by atoms with E-state index in [-0.39, 0.29) is 5.04 Å². The molecule has 0 amide bonds. The number of hydrogen-bond donors (Lipinski definition) is 0. The molecule has 0 bridgehead atoms. The second kappa shape index (κ2) is 10.5. The Morgan fingerprint density at radius 2 is 1.58 bits per heavy atom. The fourth-order valence-corrected chi connectivity index (χ4v) is 6.79. The van der Waals surface area contributed by atoms with E-state index in [1.54, 1.807) is 0 Å². The zero-order valence-corrected chi connectivity index (χ0v) is 23.5. The summed E-state index contributed by atoms with van der Waals surface area (Å²) in [5.74, 6) is 1.07. The highest BCUT2D eigenvalue weighted by molar-refractivity contribution is 14.1. The second-order valence-corrected chi connectivity index (χ2v) is 17.0. The van der Waals surface area contributed by atoms with Crippen molar-refractivity contribution in [2.75, 3.05) is 0 Å². The molecule has 0 aromatic heterocycles. The van der Waals surface area contributed by atoms with E-state index in [0.29, 0.717) is 17.9 Å². The third-order valence-electron chi connectivity index (χ3n) is 7.66. The summed E-state index contributed by atoms with van der Waals surface area (Å²) in [6.07, 6.45) is 8.18. The number of halogens is 1. The summed E-state index contributed by atoms with van der Waals surface area (Å²) in [5.41, 5.74) is 4.20. The standard InChI is InChI=1S/C28H41IOSi/c1-21-16-18-22(19-17-21)25(24-14-10-11-15-26(24)29)20-27(23-12-8-7-9-13-23)30-31(5,6)28(2,3)4/h10-11,14-19,23,25,27H,7-9,12-13,20H2,1-6H3/t25-,27+/m1/s1. The van der Waals surface area contributed by atoms with Gasteiger partial charge in [0.25, 0.3) is 0 Å². The van der Waals surface area contributed by atoms with E-state index in [1.807, 2.05) is 0 Å². The summed E-state index contributed by atoms with van der Waals surface area (Å²) in [7, 11) is -1.85. The fourth-order valence-electron chi connectivity index (χ4n) is 4.63. The van der Waals surface area contributed by atoms with Gasteiger partial charge < -0.3 is 4.43 Å². The topological polar surface area (TPSA) is 9.23 Å². The lowest BCUT2D eigenvalue weighted by Gasteiger charge is -2.43. The predicted octanol–water partition coefficient (Wildman–Crippen LogP) is 9.09. The summed E-state index contributed by atoms with van der Waals surface area (Å²) >= 11 is 2.52. The van der Waals surface area contributed by atoms with Crippen molar-refractivity contribution in [2.45, 2.75) is 96.4 Å². The minimum Gasteiger partial charge on any atom is -0.414 e. The van der Waals surface area contributed by atoms with Crippen LogP contribution in [0, 0.1) is 16.4 Å². The molecule has 0 spiro atoms. The molecule has 170 valence electrons. The van der Waals surface area contributed by atoms with Crippen LogP contribution >= 0.6 is 22.6 Å². The van der Waals surface area contributed by atoms with Crippen LogP contribution in [0.1, 0.15) is 81.9 Å². The van der Waals surface area contributed by atoms with Crippen molar-refractivity contribution in [1.82, 2.24) is 0 Å². The quantitative estimate of drug-likeness (QED) is 0.248. The number of aryl methyl sites for hydroxylation is 1. The molecular formula is C28H41IOSi. The van der Waals surface area contributed by atoms with Crippen molar-refractivity contribution in [3.05, 3.63) is 68.8 Å². The lowest BCUT2D eigenvalue weighted by Crippen LogP contribution is -2.46. The molecular weight excluding hydrogens is 507 g/mol. The molecule has 1 aliphatic carbocycles. The molecule has 0 unspecified atom stereocenters. The van der Waals surface area contributed by atoms with E-state index in [4.69, 9.17) is 4.43 Å². The molecule has 0 heterocycles. The summed E-state index contributed by atoms with van der Waals surface area (Å²) in [6, 6.07) is 18.1. The first kappa shape index (κ1) is 25.0. The Morgan fingerprint density at radius 1 is 0.968 bits per heavy atom. The SMILES string of the molecule is Cc1ccc([C@@H](C[C@H](O[Si](C)(C)C(C)(C)C)C2CCCCC2)c2ccccc2I)cc1. The maximum Gasteiger partial charge on any atom is 0.192 e. The zero-order chi connectivity index (χ0) is 22.6. The van der Waals surface area contributed by atoms with Crippen molar-refractivity contribution < 1.29 is 4.43 Å². The molecule has 2 aromatic rings. The van der Waals surface area contributed by atoms with Crippen LogP contribution < -0.4 is 0 Å². The summed E-state index contributed by atoms with van der Waals surface area (Å²) < 4.78 is 8.58. The largest absolute Gasteiger partial charge is 0.414 e. The molecule has 31 heavy (non-hydrogen) atoms. The van der Waals surface area contributed by atoms with Crippen LogP contribution in [0.2, 0.25) is 18.1 Å². The van der Waals surface area contributed by atoms with Crippen molar-refractivity contribution in [3.63, 3.8) is 0 Å². The average Bonchev–Trinajstić information content (AvgIpc) is 2.72. The van der Waals surface area contributed by atoms with Crippen molar-refractivity contribution >= 4 is 30.9 Å². The van der Waals surface area contributed by atoms with Crippen LogP contribution in [0.5, 0.6) is 0 Å². The van der Waals surface area contributed by atoms with Gasteiger partial charge in [-0.15, -0.1) is 0 Å². The average molecular weight is 549 g/mol. The number of benzene rings is 2. The third kappa shape index (κ3) is 6.45. The molecule has 1 aliphatic rings. The number of hydrogen-bond acceptors (Lipinski definition) is 1. The smallest absolute Gasteiger partial charge is 0.192 e. The molecule has 0 N–H and O–H groups in total. The Balaban J connectivity index is 1.98. The maximum atomic E-state index is 7.22. The highest BCUT2D eigenvalue weighted by atomic mass is 127. The van der Waals surface area contributed by atoms with Gasteiger partial charge in [0, 0.05) is 15.6 Å². The van der Waals surface area contributed by atoms with Crippen LogP contribution in [-0.2, 0) is 4.43 Å². The fraction of sp³-hybridized carbons (Fsp3) is 0.571. The van der Waals surface area contributed by atoms with Crippen LogP contribution in [0.15, 0.2) is 48.5 Å². The molecule has 1 saturated carbocycles. The monoisotopic (exact) mass is 548 g/mol. The van der Waals surface area contributed by atoms with Gasteiger partial charge in [0.15, 0.2) is 8.32 Å². The molecule has 2 atom stereocenters. The first-order valence-corrected chi connectivity index (χ1v) is 16.1. The molecule has 2 aromatic carbocycles. The third-order valence-corrected chi connectivity index (χ3v) is 13.1. The van der Waals surface area contributed by atoms with E-state index < -0.39 is 8.32 Å². The second-order valence-electron chi connectivity index (χ2n) is 11.0. The van der Waals surface area contributed by atoms with Crippen molar-refractivity contribution in [2.24, 2.45) is 5.92 Å². The Kier molecular flexibility index (Phi) is 8.48. The molecule has 0 aliphatic heterocycles. The van der Waals surface area contributed by atoms with E-state index in [0.717, 1.165) is 6.42 Å². The minimum absolute atomic E-state index is 0.237. The van der Waals surface area contributed by atoms with Crippen LogP contribution in [0.25, 0.3) is 0 Å². The Morgan fingerprint density at radius 3 is 2.16 bits per heavy atom. The van der Waals surface area contributed by atoms with Crippen LogP contribution in [0.4, 0.5) is 0 Å². The maximum absolute atomic E-state index is 7.22. The molecule has 0 radical (unpaired) electrons. The molecule has 3 rings (SSSR count). The predicted molar refractivity (Wildman–Crippen MR) is 145 cm³/mol. The Labute approximate surface area is 205 Å². The molecule has 1 nitrogen and oxygen atoms in total. The zero-order valence-electron chi connectivity index (χ0n) is 20.4. The molecule has 1 fully saturated rings. The highest BCUT2D eigenvalue weighted by Crippen LogP contribution is 2.43. The summed E-state index contributed by atoms with van der Waals surface area (Å²) in [5, 5.41) is 0.237. The van der Waals surface area contributed by atoms with Crippen LogP contribution in [-0.4, -0.2) is 14.4 Å². The van der Waals surface area contributed by atoms with Gasteiger partial charge in [-0.3, -0.25) is 0 Å². The summed E-state index contributed by atoms with van der Waals surface area (Å²) in [4.78, 5) is 0. The first-order valence-electron chi connectivity index (χ1n) is 12.1. The Bertz CT molecular complexity index is 831. The lowest BCUT2D eigenvalue weighted by atomic mass is 9.79. The van der Waals surface area contributed by atoms with Gasteiger partial charge in [0.2, 0.25) is 0 Å². The van der Waals surface area contributed by atoms with Gasteiger partial charge >= 0.3 is 0 Å². The van der Waals surface area contributed by atoms with E-state index in [2.05, 4.69) is 112 Å². The first-order chi connectivity index (χ1) is 14.6. The van der Waals surface area contributed by atoms with Gasteiger partial charge in [-0.2, -0.15) is 0 Å². The van der Waals surface area contributed by atoms with Gasteiger partial charge in [-0.1, -0.05) is 88.1 Å². The highest BCUT2D eigenvalue weighted by Gasteiger charge is 2.41. The van der Waals surface area contributed by atoms with Crippen molar-refractivity contribution in [1.29, 1.82) is 0 Å². The van der Waals surface area contributed by atoms with Crippen LogP contribution in [0.3, 0.4) is 0 Å². The summed E-state index contributed by atoms with van der Waals surface area (Å²) in [6.45, 7) is 14.1.